The van der Waals surface area contributed by atoms with E-state index in [1.807, 2.05) is 56.3 Å². The maximum atomic E-state index is 10.0. The molecule has 0 radical (unpaired) electrons. The summed E-state index contributed by atoms with van der Waals surface area (Å²) >= 11 is 0. The van der Waals surface area contributed by atoms with E-state index in [4.69, 9.17) is 0 Å². The van der Waals surface area contributed by atoms with Crippen LogP contribution in [-0.4, -0.2) is 11.2 Å². The highest BCUT2D eigenvalue weighted by Gasteiger charge is 2.09. The average molecular weight is 228 g/mol. The topological polar surface area (TPSA) is 20.2 Å². The summed E-state index contributed by atoms with van der Waals surface area (Å²) in [5.41, 5.74) is 2.27. The minimum Gasteiger partial charge on any atom is -0.388 e. The molecule has 90 valence electrons. The molecule has 0 amide bonds. The summed E-state index contributed by atoms with van der Waals surface area (Å²) in [6.45, 7) is 7.79. The van der Waals surface area contributed by atoms with Crippen LogP contribution in [0.5, 0.6) is 0 Å². The number of aliphatic hydroxyl groups is 1. The molecule has 0 aromatic heterocycles. The van der Waals surface area contributed by atoms with Crippen molar-refractivity contribution in [3.05, 3.63) is 66.3 Å². The number of benzene rings is 1. The van der Waals surface area contributed by atoms with Gasteiger partial charge in [0.05, 0.1) is 6.10 Å². The molecular formula is C16H20O. The Kier molecular flexibility index (Phi) is 5.44. The van der Waals surface area contributed by atoms with Crippen LogP contribution >= 0.6 is 0 Å². The molecule has 0 aliphatic carbocycles. The summed E-state index contributed by atoms with van der Waals surface area (Å²) in [5, 5.41) is 10.0. The molecule has 1 heteroatoms. The molecule has 1 nitrogen and oxygen atoms in total. The average Bonchev–Trinajstić information content (AvgIpc) is 2.34. The van der Waals surface area contributed by atoms with E-state index in [1.165, 1.54) is 5.57 Å². The smallest absolute Gasteiger partial charge is 0.0821 e. The Balaban J connectivity index is 2.71. The van der Waals surface area contributed by atoms with E-state index in [9.17, 15) is 5.11 Å². The van der Waals surface area contributed by atoms with Gasteiger partial charge in [-0.05, 0) is 19.4 Å². The standard InChI is InChI=1S/C16H20O/c1-4-15(12-13(2)3)16(17)11-10-14-8-6-5-7-9-14/h4-12,15-17H,1H2,2-3H3/b11-10+/t15-,16-/m1/s1. The largest absolute Gasteiger partial charge is 0.388 e. The lowest BCUT2D eigenvalue weighted by Gasteiger charge is -2.12. The predicted octanol–water partition coefficient (Wildman–Crippen LogP) is 3.83. The second-order valence-corrected chi connectivity index (χ2v) is 4.32. The molecule has 0 saturated carbocycles. The monoisotopic (exact) mass is 228 g/mol. The summed E-state index contributed by atoms with van der Waals surface area (Å²) in [4.78, 5) is 0. The van der Waals surface area contributed by atoms with Crippen LogP contribution < -0.4 is 0 Å². The number of aliphatic hydroxyl groups excluding tert-OH is 1. The van der Waals surface area contributed by atoms with E-state index in [2.05, 4.69) is 6.58 Å². The zero-order valence-electron chi connectivity index (χ0n) is 10.5. The summed E-state index contributed by atoms with van der Waals surface area (Å²) in [7, 11) is 0. The highest BCUT2D eigenvalue weighted by atomic mass is 16.3. The molecule has 0 heterocycles. The third-order valence-electron chi connectivity index (χ3n) is 2.48. The van der Waals surface area contributed by atoms with E-state index in [1.54, 1.807) is 12.2 Å². The van der Waals surface area contributed by atoms with Crippen molar-refractivity contribution in [2.45, 2.75) is 20.0 Å². The molecule has 0 aliphatic heterocycles. The lowest BCUT2D eigenvalue weighted by molar-refractivity contribution is 0.197. The highest BCUT2D eigenvalue weighted by molar-refractivity contribution is 5.49. The van der Waals surface area contributed by atoms with Crippen molar-refractivity contribution in [3.63, 3.8) is 0 Å². The van der Waals surface area contributed by atoms with Crippen LogP contribution in [0.25, 0.3) is 6.08 Å². The molecule has 1 rings (SSSR count). The van der Waals surface area contributed by atoms with E-state index in [-0.39, 0.29) is 5.92 Å². The van der Waals surface area contributed by atoms with Crippen molar-refractivity contribution < 1.29 is 5.11 Å². The summed E-state index contributed by atoms with van der Waals surface area (Å²) in [5.74, 6) is -0.0278. The van der Waals surface area contributed by atoms with Crippen molar-refractivity contribution in [1.29, 1.82) is 0 Å². The maximum Gasteiger partial charge on any atom is 0.0821 e. The molecule has 0 saturated heterocycles. The van der Waals surface area contributed by atoms with Gasteiger partial charge in [-0.25, -0.2) is 0 Å². The Labute approximate surface area is 104 Å². The van der Waals surface area contributed by atoms with Gasteiger partial charge in [0, 0.05) is 5.92 Å². The zero-order chi connectivity index (χ0) is 12.7. The molecule has 0 aliphatic rings. The van der Waals surface area contributed by atoms with Gasteiger partial charge >= 0.3 is 0 Å². The fraction of sp³-hybridized carbons (Fsp3) is 0.250. The van der Waals surface area contributed by atoms with Gasteiger partial charge < -0.3 is 5.11 Å². The van der Waals surface area contributed by atoms with Gasteiger partial charge in [0.25, 0.3) is 0 Å². The number of allylic oxidation sites excluding steroid dienone is 1. The third kappa shape index (κ3) is 4.83. The van der Waals surface area contributed by atoms with E-state index in [0.29, 0.717) is 0 Å². The lowest BCUT2D eigenvalue weighted by atomic mass is 9.99. The van der Waals surface area contributed by atoms with E-state index < -0.39 is 6.10 Å². The molecule has 0 fully saturated rings. The van der Waals surface area contributed by atoms with E-state index in [0.717, 1.165) is 5.56 Å². The van der Waals surface area contributed by atoms with Crippen LogP contribution in [0.4, 0.5) is 0 Å². The molecule has 1 aromatic rings. The van der Waals surface area contributed by atoms with Crippen LogP contribution in [0.1, 0.15) is 19.4 Å². The Morgan fingerprint density at radius 2 is 1.88 bits per heavy atom. The van der Waals surface area contributed by atoms with Crippen LogP contribution in [0, 0.1) is 5.92 Å². The fourth-order valence-electron chi connectivity index (χ4n) is 1.59. The first-order chi connectivity index (χ1) is 8.13. The molecule has 2 atom stereocenters. The minimum atomic E-state index is -0.525. The van der Waals surface area contributed by atoms with Crippen molar-refractivity contribution in [2.75, 3.05) is 0 Å². The summed E-state index contributed by atoms with van der Waals surface area (Å²) in [6.07, 6.45) is 7.00. The SMILES string of the molecule is C=C[C@H](C=C(C)C)[C@H](O)/C=C/c1ccccc1. The van der Waals surface area contributed by atoms with Crippen LogP contribution in [0.3, 0.4) is 0 Å². The summed E-state index contributed by atoms with van der Waals surface area (Å²) in [6, 6.07) is 9.95. The Morgan fingerprint density at radius 1 is 1.24 bits per heavy atom. The Hall–Kier alpha value is -1.60. The Morgan fingerprint density at radius 3 is 2.41 bits per heavy atom. The molecule has 0 unspecified atom stereocenters. The fourth-order valence-corrected chi connectivity index (χ4v) is 1.59. The van der Waals surface area contributed by atoms with Crippen molar-refractivity contribution in [3.8, 4) is 0 Å². The van der Waals surface area contributed by atoms with Crippen molar-refractivity contribution in [2.24, 2.45) is 5.92 Å². The van der Waals surface area contributed by atoms with Gasteiger partial charge in [0.1, 0.15) is 0 Å². The molecular weight excluding hydrogens is 208 g/mol. The van der Waals surface area contributed by atoms with Gasteiger partial charge in [-0.2, -0.15) is 0 Å². The third-order valence-corrected chi connectivity index (χ3v) is 2.48. The molecule has 0 spiro atoms. The molecule has 1 aromatic carbocycles. The van der Waals surface area contributed by atoms with Crippen LogP contribution in [-0.2, 0) is 0 Å². The zero-order valence-corrected chi connectivity index (χ0v) is 10.5. The number of hydrogen-bond donors (Lipinski definition) is 1. The second kappa shape index (κ2) is 6.87. The first kappa shape index (κ1) is 13.5. The quantitative estimate of drug-likeness (QED) is 0.759. The Bertz CT molecular complexity index is 397. The van der Waals surface area contributed by atoms with E-state index >= 15 is 0 Å². The van der Waals surface area contributed by atoms with Gasteiger partial charge in [-0.1, -0.05) is 60.2 Å². The summed E-state index contributed by atoms with van der Waals surface area (Å²) < 4.78 is 0. The second-order valence-electron chi connectivity index (χ2n) is 4.32. The normalized spacial score (nSPS) is 14.3. The number of rotatable bonds is 5. The van der Waals surface area contributed by atoms with Gasteiger partial charge in [-0.3, -0.25) is 0 Å². The van der Waals surface area contributed by atoms with Gasteiger partial charge in [0.15, 0.2) is 0 Å². The van der Waals surface area contributed by atoms with Crippen LogP contribution in [0.2, 0.25) is 0 Å². The number of hydrogen-bond acceptors (Lipinski definition) is 1. The van der Waals surface area contributed by atoms with Crippen molar-refractivity contribution >= 4 is 6.08 Å². The first-order valence-electron chi connectivity index (χ1n) is 5.82. The van der Waals surface area contributed by atoms with Crippen LogP contribution in [0.15, 0.2) is 60.7 Å². The minimum absolute atomic E-state index is 0.0278. The highest BCUT2D eigenvalue weighted by Crippen LogP contribution is 2.13. The molecule has 0 bridgehead atoms. The first-order valence-corrected chi connectivity index (χ1v) is 5.82. The lowest BCUT2D eigenvalue weighted by Crippen LogP contribution is -2.13. The predicted molar refractivity (Wildman–Crippen MR) is 74.6 cm³/mol. The van der Waals surface area contributed by atoms with Gasteiger partial charge in [-0.15, -0.1) is 6.58 Å². The van der Waals surface area contributed by atoms with Gasteiger partial charge in [0.2, 0.25) is 0 Å². The molecule has 1 N–H and O–H groups in total. The van der Waals surface area contributed by atoms with Crippen molar-refractivity contribution in [1.82, 2.24) is 0 Å². The molecule has 17 heavy (non-hydrogen) atoms. The maximum absolute atomic E-state index is 10.0.